The zero-order valence-corrected chi connectivity index (χ0v) is 14.9. The molecule has 0 aliphatic rings. The number of hydrogen-bond donors (Lipinski definition) is 1. The number of carbonyl (C=O) groups is 1. The molecule has 0 fully saturated rings. The Morgan fingerprint density at radius 3 is 2.71 bits per heavy atom. The molecule has 0 radical (unpaired) electrons. The van der Waals surface area contributed by atoms with Crippen LogP contribution in [0.3, 0.4) is 0 Å². The van der Waals surface area contributed by atoms with Gasteiger partial charge in [0.2, 0.25) is 0 Å². The summed E-state index contributed by atoms with van der Waals surface area (Å²) in [6.07, 6.45) is 1.48. The van der Waals surface area contributed by atoms with Crippen LogP contribution >= 0.6 is 11.3 Å². The number of rotatable bonds is 3. The van der Waals surface area contributed by atoms with Crippen LogP contribution in [-0.4, -0.2) is 15.5 Å². The summed E-state index contributed by atoms with van der Waals surface area (Å²) in [7, 11) is 1.66. The van der Waals surface area contributed by atoms with Crippen LogP contribution in [-0.2, 0) is 7.05 Å². The molecule has 0 bridgehead atoms. The van der Waals surface area contributed by atoms with Gasteiger partial charge in [0.15, 0.2) is 0 Å². The third-order valence-corrected chi connectivity index (χ3v) is 5.25. The first-order valence-corrected chi connectivity index (χ1v) is 8.56. The van der Waals surface area contributed by atoms with Crippen LogP contribution in [0.2, 0.25) is 0 Å². The van der Waals surface area contributed by atoms with Gasteiger partial charge in [-0.15, -0.1) is 11.3 Å². The van der Waals surface area contributed by atoms with Crippen molar-refractivity contribution in [3.05, 3.63) is 57.0 Å². The first-order chi connectivity index (χ1) is 11.4. The van der Waals surface area contributed by atoms with Gasteiger partial charge in [-0.3, -0.25) is 9.59 Å². The Kier molecular flexibility index (Phi) is 4.24. The number of carbonyl (C=O) groups excluding carboxylic acids is 1. The number of anilines is 1. The molecule has 0 atom stereocenters. The molecule has 0 aliphatic heterocycles. The van der Waals surface area contributed by atoms with Crippen molar-refractivity contribution in [1.82, 2.24) is 9.55 Å². The van der Waals surface area contributed by atoms with Gasteiger partial charge in [0.25, 0.3) is 11.5 Å². The van der Waals surface area contributed by atoms with Gasteiger partial charge in [-0.25, -0.2) is 4.98 Å². The maximum absolute atomic E-state index is 12.7. The topological polar surface area (TPSA) is 64.0 Å². The zero-order valence-electron chi connectivity index (χ0n) is 14.1. The standard InChI is InChI=1S/C18H19N3O2S/c1-10(2)12-7-5-6-8-13(12)20-16(22)15-11(3)14-17(24-15)19-9-21(4)18(14)23/h5-10H,1-4H3,(H,20,22). The van der Waals surface area contributed by atoms with Gasteiger partial charge in [0.05, 0.1) is 16.6 Å². The first kappa shape index (κ1) is 16.4. The van der Waals surface area contributed by atoms with E-state index in [1.54, 1.807) is 14.0 Å². The van der Waals surface area contributed by atoms with E-state index < -0.39 is 0 Å². The minimum atomic E-state index is -0.203. The Bertz CT molecular complexity index is 986. The SMILES string of the molecule is Cc1c(C(=O)Nc2ccccc2C(C)C)sc2ncn(C)c(=O)c12. The van der Waals surface area contributed by atoms with E-state index in [9.17, 15) is 9.59 Å². The van der Waals surface area contributed by atoms with Crippen molar-refractivity contribution >= 4 is 33.1 Å². The number of fused-ring (bicyclic) bond motifs is 1. The van der Waals surface area contributed by atoms with Crippen LogP contribution in [0.5, 0.6) is 0 Å². The summed E-state index contributed by atoms with van der Waals surface area (Å²) >= 11 is 1.25. The lowest BCUT2D eigenvalue weighted by Crippen LogP contribution is -2.17. The smallest absolute Gasteiger partial charge is 0.266 e. The number of thiophene rings is 1. The number of aromatic nitrogens is 2. The van der Waals surface area contributed by atoms with Crippen LogP contribution in [0.4, 0.5) is 5.69 Å². The lowest BCUT2D eigenvalue weighted by Gasteiger charge is -2.13. The van der Waals surface area contributed by atoms with Gasteiger partial charge >= 0.3 is 0 Å². The number of nitrogens with zero attached hydrogens (tertiary/aromatic N) is 2. The zero-order chi connectivity index (χ0) is 17.4. The number of amides is 1. The summed E-state index contributed by atoms with van der Waals surface area (Å²) in [5.41, 5.74) is 2.44. The molecule has 5 nitrogen and oxygen atoms in total. The lowest BCUT2D eigenvalue weighted by atomic mass is 10.0. The van der Waals surface area contributed by atoms with E-state index in [4.69, 9.17) is 0 Å². The van der Waals surface area contributed by atoms with E-state index in [0.717, 1.165) is 11.3 Å². The van der Waals surface area contributed by atoms with Gasteiger partial charge in [-0.2, -0.15) is 0 Å². The Morgan fingerprint density at radius 2 is 2.00 bits per heavy atom. The van der Waals surface area contributed by atoms with Gasteiger partial charge in [-0.1, -0.05) is 32.0 Å². The summed E-state index contributed by atoms with van der Waals surface area (Å²) < 4.78 is 1.43. The highest BCUT2D eigenvalue weighted by Gasteiger charge is 2.20. The molecule has 3 rings (SSSR count). The maximum Gasteiger partial charge on any atom is 0.266 e. The van der Waals surface area contributed by atoms with Crippen molar-refractivity contribution in [3.8, 4) is 0 Å². The van der Waals surface area contributed by atoms with E-state index >= 15 is 0 Å². The van der Waals surface area contributed by atoms with Crippen molar-refractivity contribution in [1.29, 1.82) is 0 Å². The molecule has 1 aromatic carbocycles. The number of para-hydroxylation sites is 1. The number of hydrogen-bond acceptors (Lipinski definition) is 4. The second-order valence-corrected chi connectivity index (χ2v) is 7.09. The fourth-order valence-electron chi connectivity index (χ4n) is 2.72. The van der Waals surface area contributed by atoms with Crippen molar-refractivity contribution in [3.63, 3.8) is 0 Å². The number of aryl methyl sites for hydroxylation is 2. The highest BCUT2D eigenvalue weighted by Crippen LogP contribution is 2.29. The van der Waals surface area contributed by atoms with Crippen molar-refractivity contribution in [2.45, 2.75) is 26.7 Å². The Balaban J connectivity index is 2.03. The van der Waals surface area contributed by atoms with Crippen molar-refractivity contribution in [2.24, 2.45) is 7.05 Å². The quantitative estimate of drug-likeness (QED) is 0.790. The largest absolute Gasteiger partial charge is 0.321 e. The van der Waals surface area contributed by atoms with E-state index in [1.807, 2.05) is 24.3 Å². The molecule has 0 saturated heterocycles. The van der Waals surface area contributed by atoms with Crippen LogP contribution < -0.4 is 10.9 Å². The van der Waals surface area contributed by atoms with E-state index in [-0.39, 0.29) is 11.5 Å². The van der Waals surface area contributed by atoms with Crippen molar-refractivity contribution in [2.75, 3.05) is 5.32 Å². The normalized spacial score (nSPS) is 11.2. The molecule has 0 saturated carbocycles. The molecule has 3 aromatic rings. The highest BCUT2D eigenvalue weighted by molar-refractivity contribution is 7.20. The van der Waals surface area contributed by atoms with Gasteiger partial charge < -0.3 is 9.88 Å². The number of benzene rings is 1. The summed E-state index contributed by atoms with van der Waals surface area (Å²) in [6, 6.07) is 7.77. The molecule has 1 amide bonds. The summed E-state index contributed by atoms with van der Waals surface area (Å²) in [5.74, 6) is 0.101. The molecule has 124 valence electrons. The molecule has 1 N–H and O–H groups in total. The molecule has 0 spiro atoms. The average molecular weight is 341 g/mol. The summed E-state index contributed by atoms with van der Waals surface area (Å²) in [5, 5.41) is 3.50. The lowest BCUT2D eigenvalue weighted by molar-refractivity contribution is 0.103. The van der Waals surface area contributed by atoms with E-state index in [1.165, 1.54) is 22.2 Å². The van der Waals surface area contributed by atoms with Crippen LogP contribution in [0.1, 0.15) is 40.6 Å². The number of nitrogens with one attached hydrogen (secondary N) is 1. The first-order valence-electron chi connectivity index (χ1n) is 7.75. The molecule has 2 aromatic heterocycles. The Hall–Kier alpha value is -2.47. The maximum atomic E-state index is 12.7. The molecule has 24 heavy (non-hydrogen) atoms. The molecule has 6 heteroatoms. The second kappa shape index (κ2) is 6.20. The fourth-order valence-corrected chi connectivity index (χ4v) is 3.75. The molecule has 0 unspecified atom stereocenters. The van der Waals surface area contributed by atoms with E-state index in [0.29, 0.717) is 26.6 Å². The molecular weight excluding hydrogens is 322 g/mol. The van der Waals surface area contributed by atoms with Crippen molar-refractivity contribution < 1.29 is 4.79 Å². The minimum absolute atomic E-state index is 0.129. The van der Waals surface area contributed by atoms with Crippen LogP contribution in [0.25, 0.3) is 10.2 Å². The fraction of sp³-hybridized carbons (Fsp3) is 0.278. The highest BCUT2D eigenvalue weighted by atomic mass is 32.1. The third-order valence-electron chi connectivity index (χ3n) is 4.05. The summed E-state index contributed by atoms with van der Waals surface area (Å²) in [6.45, 7) is 5.97. The monoisotopic (exact) mass is 341 g/mol. The molecule has 2 heterocycles. The third kappa shape index (κ3) is 2.73. The Morgan fingerprint density at radius 1 is 1.29 bits per heavy atom. The molecular formula is C18H19N3O2S. The minimum Gasteiger partial charge on any atom is -0.321 e. The van der Waals surface area contributed by atoms with Crippen LogP contribution in [0.15, 0.2) is 35.4 Å². The average Bonchev–Trinajstić information content (AvgIpc) is 2.89. The molecule has 0 aliphatic carbocycles. The Labute approximate surface area is 144 Å². The van der Waals surface area contributed by atoms with Gasteiger partial charge in [0.1, 0.15) is 4.83 Å². The van der Waals surface area contributed by atoms with E-state index in [2.05, 4.69) is 24.1 Å². The second-order valence-electron chi connectivity index (χ2n) is 6.09. The predicted molar refractivity (Wildman–Crippen MR) is 98.1 cm³/mol. The van der Waals surface area contributed by atoms with Crippen LogP contribution in [0, 0.1) is 6.92 Å². The van der Waals surface area contributed by atoms with Gasteiger partial charge in [0, 0.05) is 12.7 Å². The van der Waals surface area contributed by atoms with Gasteiger partial charge in [-0.05, 0) is 30.0 Å². The predicted octanol–water partition coefficient (Wildman–Crippen LogP) is 3.68. The summed E-state index contributed by atoms with van der Waals surface area (Å²) in [4.78, 5) is 30.4.